The molecule has 1 N–H and O–H groups in total. The maximum atomic E-state index is 4.87. The lowest BCUT2D eigenvalue weighted by Crippen LogP contribution is -2.29. The first-order valence-electron chi connectivity index (χ1n) is 7.04. The Morgan fingerprint density at radius 2 is 2.16 bits per heavy atom. The number of hydrogen-bond donors (Lipinski definition) is 1. The molecule has 0 aliphatic carbocycles. The van der Waals surface area contributed by atoms with Crippen LogP contribution in [0.3, 0.4) is 0 Å². The number of nitrogens with one attached hydrogen (secondary N) is 1. The van der Waals surface area contributed by atoms with Crippen molar-refractivity contribution in [2.24, 2.45) is 0 Å². The average Bonchev–Trinajstić information content (AvgIpc) is 2.90. The first-order valence-corrected chi connectivity index (χ1v) is 7.04. The fraction of sp³-hybridized carbons (Fsp3) is 0.600. The van der Waals surface area contributed by atoms with E-state index in [1.54, 1.807) is 0 Å². The predicted molar refractivity (Wildman–Crippen MR) is 77.3 cm³/mol. The van der Waals surface area contributed by atoms with Crippen molar-refractivity contribution in [3.63, 3.8) is 0 Å². The molecule has 2 unspecified atom stereocenters. The fourth-order valence-corrected chi connectivity index (χ4v) is 3.12. The van der Waals surface area contributed by atoms with Crippen LogP contribution < -0.4 is 5.32 Å². The number of imidazole rings is 1. The molecule has 1 aliphatic heterocycles. The van der Waals surface area contributed by atoms with Crippen molar-refractivity contribution in [1.82, 2.24) is 19.9 Å². The second-order valence-electron chi connectivity index (χ2n) is 6.48. The molecule has 1 aliphatic rings. The van der Waals surface area contributed by atoms with Crippen LogP contribution in [0.25, 0.3) is 11.0 Å². The summed E-state index contributed by atoms with van der Waals surface area (Å²) in [6.07, 6.45) is 4.88. The predicted octanol–water partition coefficient (Wildman–Crippen LogP) is 2.65. The van der Waals surface area contributed by atoms with Gasteiger partial charge in [-0.1, -0.05) is 0 Å². The zero-order valence-corrected chi connectivity index (χ0v) is 12.1. The van der Waals surface area contributed by atoms with E-state index in [4.69, 9.17) is 4.98 Å². The zero-order valence-electron chi connectivity index (χ0n) is 12.1. The number of pyridine rings is 1. The lowest BCUT2D eigenvalue weighted by molar-refractivity contribution is 0.377. The Morgan fingerprint density at radius 3 is 2.79 bits per heavy atom. The van der Waals surface area contributed by atoms with E-state index in [9.17, 15) is 0 Å². The molecule has 0 spiro atoms. The standard InChI is InChI=1S/C15H22N4/c1-10-11(5-8-17-10)14-18-12-9-16-7-6-13(12)19(14)15(2,3)4/h6-7,9-11,17H,5,8H2,1-4H3. The molecule has 19 heavy (non-hydrogen) atoms. The van der Waals surface area contributed by atoms with E-state index >= 15 is 0 Å². The van der Waals surface area contributed by atoms with Crippen LogP contribution in [-0.2, 0) is 5.54 Å². The molecular formula is C15H22N4. The maximum absolute atomic E-state index is 4.87. The summed E-state index contributed by atoms with van der Waals surface area (Å²) in [5.41, 5.74) is 2.23. The van der Waals surface area contributed by atoms with Crippen LogP contribution in [0.1, 0.15) is 45.9 Å². The third kappa shape index (κ3) is 2.04. The summed E-state index contributed by atoms with van der Waals surface area (Å²) in [5, 5.41) is 3.52. The lowest BCUT2D eigenvalue weighted by atomic mass is 9.99. The largest absolute Gasteiger partial charge is 0.322 e. The fourth-order valence-electron chi connectivity index (χ4n) is 3.12. The summed E-state index contributed by atoms with van der Waals surface area (Å²) in [6.45, 7) is 10.1. The third-order valence-corrected chi connectivity index (χ3v) is 4.01. The van der Waals surface area contributed by atoms with Crippen LogP contribution in [0.2, 0.25) is 0 Å². The van der Waals surface area contributed by atoms with Crippen molar-refractivity contribution in [1.29, 1.82) is 0 Å². The van der Waals surface area contributed by atoms with Crippen LogP contribution in [0.15, 0.2) is 18.5 Å². The van der Waals surface area contributed by atoms with E-state index in [-0.39, 0.29) is 5.54 Å². The van der Waals surface area contributed by atoms with Gasteiger partial charge in [0.05, 0.1) is 11.7 Å². The second kappa shape index (κ2) is 4.30. The van der Waals surface area contributed by atoms with Gasteiger partial charge in [-0.2, -0.15) is 0 Å². The quantitative estimate of drug-likeness (QED) is 0.855. The van der Waals surface area contributed by atoms with Crippen molar-refractivity contribution in [3.05, 3.63) is 24.3 Å². The molecule has 3 rings (SSSR count). The van der Waals surface area contributed by atoms with E-state index < -0.39 is 0 Å². The average molecular weight is 258 g/mol. The SMILES string of the molecule is CC1NCCC1c1nc2cnccc2n1C(C)(C)C. The van der Waals surface area contributed by atoms with Crippen LogP contribution in [-0.4, -0.2) is 27.1 Å². The Labute approximate surface area is 114 Å². The summed E-state index contributed by atoms with van der Waals surface area (Å²) in [5.74, 6) is 1.69. The summed E-state index contributed by atoms with van der Waals surface area (Å²) in [4.78, 5) is 9.08. The van der Waals surface area contributed by atoms with Gasteiger partial charge in [0.15, 0.2) is 0 Å². The molecule has 4 nitrogen and oxygen atoms in total. The summed E-state index contributed by atoms with van der Waals surface area (Å²) < 4.78 is 2.39. The molecule has 2 aromatic heterocycles. The van der Waals surface area contributed by atoms with Crippen molar-refractivity contribution < 1.29 is 0 Å². The van der Waals surface area contributed by atoms with Crippen molar-refractivity contribution >= 4 is 11.0 Å². The first kappa shape index (κ1) is 12.6. The molecule has 2 aromatic rings. The van der Waals surface area contributed by atoms with Crippen molar-refractivity contribution in [3.8, 4) is 0 Å². The highest BCUT2D eigenvalue weighted by molar-refractivity contribution is 5.75. The minimum Gasteiger partial charge on any atom is -0.322 e. The Bertz CT molecular complexity index is 594. The molecule has 1 saturated heterocycles. The summed E-state index contributed by atoms with van der Waals surface area (Å²) in [7, 11) is 0. The molecule has 0 saturated carbocycles. The molecule has 3 heterocycles. The van der Waals surface area contributed by atoms with Gasteiger partial charge in [-0.25, -0.2) is 4.98 Å². The van der Waals surface area contributed by atoms with Gasteiger partial charge in [-0.05, 0) is 46.7 Å². The Kier molecular flexibility index (Phi) is 2.86. The van der Waals surface area contributed by atoms with Gasteiger partial charge in [0.1, 0.15) is 11.3 Å². The van der Waals surface area contributed by atoms with Crippen LogP contribution in [0.5, 0.6) is 0 Å². The van der Waals surface area contributed by atoms with Crippen LogP contribution in [0, 0.1) is 0 Å². The Balaban J connectivity index is 2.23. The Morgan fingerprint density at radius 1 is 1.37 bits per heavy atom. The molecule has 0 aromatic carbocycles. The topological polar surface area (TPSA) is 42.7 Å². The minimum atomic E-state index is 0.0355. The molecule has 4 heteroatoms. The van der Waals surface area contributed by atoms with E-state index in [0.717, 1.165) is 18.5 Å². The van der Waals surface area contributed by atoms with Gasteiger partial charge in [-0.15, -0.1) is 0 Å². The monoisotopic (exact) mass is 258 g/mol. The second-order valence-corrected chi connectivity index (χ2v) is 6.48. The zero-order chi connectivity index (χ0) is 13.6. The number of fused-ring (bicyclic) bond motifs is 1. The van der Waals surface area contributed by atoms with Gasteiger partial charge in [0, 0.05) is 23.7 Å². The van der Waals surface area contributed by atoms with Gasteiger partial charge in [0.2, 0.25) is 0 Å². The molecule has 1 fully saturated rings. The van der Waals surface area contributed by atoms with E-state index in [0.29, 0.717) is 12.0 Å². The molecule has 0 bridgehead atoms. The maximum Gasteiger partial charge on any atom is 0.115 e. The molecule has 0 amide bonds. The van der Waals surface area contributed by atoms with Crippen LogP contribution >= 0.6 is 0 Å². The van der Waals surface area contributed by atoms with Crippen molar-refractivity contribution in [2.75, 3.05) is 6.54 Å². The van der Waals surface area contributed by atoms with Gasteiger partial charge in [0.25, 0.3) is 0 Å². The number of nitrogens with zero attached hydrogens (tertiary/aromatic N) is 3. The first-order chi connectivity index (χ1) is 8.98. The molecular weight excluding hydrogens is 236 g/mol. The van der Waals surface area contributed by atoms with Crippen molar-refractivity contribution in [2.45, 2.75) is 51.6 Å². The highest BCUT2D eigenvalue weighted by Crippen LogP contribution is 2.33. The number of aromatic nitrogens is 3. The van der Waals surface area contributed by atoms with E-state index in [1.807, 2.05) is 12.4 Å². The smallest absolute Gasteiger partial charge is 0.115 e. The van der Waals surface area contributed by atoms with Gasteiger partial charge < -0.3 is 9.88 Å². The molecule has 102 valence electrons. The third-order valence-electron chi connectivity index (χ3n) is 4.01. The normalized spacial score (nSPS) is 24.2. The molecule has 2 atom stereocenters. The molecule has 0 radical (unpaired) electrons. The highest BCUT2D eigenvalue weighted by Gasteiger charge is 2.32. The van der Waals surface area contributed by atoms with E-state index in [2.05, 4.69) is 48.6 Å². The van der Waals surface area contributed by atoms with Crippen LogP contribution in [0.4, 0.5) is 0 Å². The number of hydrogen-bond acceptors (Lipinski definition) is 3. The summed E-state index contributed by atoms with van der Waals surface area (Å²) in [6, 6.07) is 2.57. The van der Waals surface area contributed by atoms with Gasteiger partial charge >= 0.3 is 0 Å². The highest BCUT2D eigenvalue weighted by atomic mass is 15.2. The number of rotatable bonds is 1. The van der Waals surface area contributed by atoms with Gasteiger partial charge in [-0.3, -0.25) is 4.98 Å². The Hall–Kier alpha value is -1.42. The lowest BCUT2D eigenvalue weighted by Gasteiger charge is -2.27. The van der Waals surface area contributed by atoms with E-state index in [1.165, 1.54) is 11.3 Å². The summed E-state index contributed by atoms with van der Waals surface area (Å²) >= 11 is 0. The minimum absolute atomic E-state index is 0.0355.